The van der Waals surface area contributed by atoms with E-state index in [1.54, 1.807) is 6.08 Å². The maximum Gasteiger partial charge on any atom is 0.303 e. The van der Waals surface area contributed by atoms with Gasteiger partial charge in [0.2, 0.25) is 0 Å². The van der Waals surface area contributed by atoms with E-state index in [9.17, 15) is 4.79 Å². The molecule has 0 rings (SSSR count). The summed E-state index contributed by atoms with van der Waals surface area (Å²) >= 11 is 5.51. The van der Waals surface area contributed by atoms with E-state index in [2.05, 4.69) is 6.58 Å². The summed E-state index contributed by atoms with van der Waals surface area (Å²) in [5.41, 5.74) is 0. The minimum atomic E-state index is -0.357. The molecule has 0 radical (unpaired) electrons. The Bertz CT molecular complexity index is 147. The van der Waals surface area contributed by atoms with Gasteiger partial charge in [0.1, 0.15) is 6.10 Å². The second kappa shape index (κ2) is 7.13. The van der Waals surface area contributed by atoms with Gasteiger partial charge < -0.3 is 9.47 Å². The molecule has 0 N–H and O–H groups in total. The molecule has 0 fully saturated rings. The Morgan fingerprint density at radius 3 is 2.83 bits per heavy atom. The molecule has 4 heteroatoms. The van der Waals surface area contributed by atoms with Crippen LogP contribution in [0, 0.1) is 0 Å². The number of hydrogen-bond acceptors (Lipinski definition) is 3. The number of alkyl halides is 1. The van der Waals surface area contributed by atoms with Gasteiger partial charge in [-0.05, 0) is 0 Å². The highest BCUT2D eigenvalue weighted by atomic mass is 35.5. The number of carbonyl (C=O) groups is 1. The van der Waals surface area contributed by atoms with E-state index in [4.69, 9.17) is 21.1 Å². The fourth-order valence-corrected chi connectivity index (χ4v) is 0.780. The minimum Gasteiger partial charge on any atom is -0.459 e. The predicted octanol–water partition coefficient (Wildman–Crippen LogP) is 1.36. The fourth-order valence-electron chi connectivity index (χ4n) is 0.628. The van der Waals surface area contributed by atoms with Crippen LogP contribution in [0.3, 0.4) is 0 Å². The second-order valence-electron chi connectivity index (χ2n) is 2.21. The number of esters is 1. The fraction of sp³-hybridized carbons (Fsp3) is 0.625. The van der Waals surface area contributed by atoms with E-state index < -0.39 is 0 Å². The average molecular weight is 193 g/mol. The van der Waals surface area contributed by atoms with Crippen LogP contribution in [0.15, 0.2) is 12.7 Å². The van der Waals surface area contributed by atoms with Gasteiger partial charge >= 0.3 is 5.97 Å². The van der Waals surface area contributed by atoms with Gasteiger partial charge in [0.25, 0.3) is 0 Å². The van der Waals surface area contributed by atoms with E-state index in [-0.39, 0.29) is 18.0 Å². The highest BCUT2D eigenvalue weighted by Crippen LogP contribution is 1.97. The first-order valence-corrected chi connectivity index (χ1v) is 4.16. The van der Waals surface area contributed by atoms with E-state index in [1.165, 1.54) is 6.92 Å². The summed E-state index contributed by atoms with van der Waals surface area (Å²) in [6.07, 6.45) is 1.27. The normalized spacial score (nSPS) is 12.2. The third kappa shape index (κ3) is 6.19. The van der Waals surface area contributed by atoms with Crippen LogP contribution >= 0.6 is 11.6 Å². The lowest BCUT2D eigenvalue weighted by Gasteiger charge is -2.13. The van der Waals surface area contributed by atoms with E-state index in [0.29, 0.717) is 13.2 Å². The van der Waals surface area contributed by atoms with Crippen molar-refractivity contribution in [2.45, 2.75) is 13.0 Å². The molecule has 0 bridgehead atoms. The van der Waals surface area contributed by atoms with Crippen molar-refractivity contribution in [3.63, 3.8) is 0 Å². The maximum atomic E-state index is 10.5. The van der Waals surface area contributed by atoms with Crippen LogP contribution in [-0.4, -0.2) is 31.2 Å². The van der Waals surface area contributed by atoms with Gasteiger partial charge in [-0.25, -0.2) is 0 Å². The smallest absolute Gasteiger partial charge is 0.303 e. The average Bonchev–Trinajstić information content (AvgIpc) is 2.02. The molecule has 1 unspecified atom stereocenters. The first-order valence-electron chi connectivity index (χ1n) is 3.62. The lowest BCUT2D eigenvalue weighted by atomic mass is 10.4. The summed E-state index contributed by atoms with van der Waals surface area (Å²) in [5, 5.41) is 0. The standard InChI is InChI=1S/C8H13ClO3/c1-3-4-11-6-8(5-9)12-7(2)10/h3,8H,1,4-6H2,2H3. The van der Waals surface area contributed by atoms with Crippen molar-refractivity contribution in [1.82, 2.24) is 0 Å². The van der Waals surface area contributed by atoms with Crippen molar-refractivity contribution in [3.05, 3.63) is 12.7 Å². The molecular formula is C8H13ClO3. The van der Waals surface area contributed by atoms with Crippen molar-refractivity contribution < 1.29 is 14.3 Å². The SMILES string of the molecule is C=CCOCC(CCl)OC(C)=O. The van der Waals surface area contributed by atoms with Gasteiger partial charge in [-0.1, -0.05) is 6.08 Å². The molecule has 0 spiro atoms. The molecule has 0 aliphatic heterocycles. The van der Waals surface area contributed by atoms with Crippen molar-refractivity contribution in [2.24, 2.45) is 0 Å². The largest absolute Gasteiger partial charge is 0.459 e. The van der Waals surface area contributed by atoms with E-state index in [0.717, 1.165) is 0 Å². The molecule has 0 saturated heterocycles. The van der Waals surface area contributed by atoms with Crippen molar-refractivity contribution in [3.8, 4) is 0 Å². The summed E-state index contributed by atoms with van der Waals surface area (Å²) in [5.74, 6) is -0.0978. The summed E-state index contributed by atoms with van der Waals surface area (Å²) in [4.78, 5) is 10.5. The molecule has 3 nitrogen and oxygen atoms in total. The molecule has 0 aromatic carbocycles. The molecule has 70 valence electrons. The molecule has 0 aromatic rings. The number of rotatable bonds is 6. The molecule has 0 aromatic heterocycles. The lowest BCUT2D eigenvalue weighted by Crippen LogP contribution is -2.24. The van der Waals surface area contributed by atoms with Crippen LogP contribution in [0.4, 0.5) is 0 Å². The monoisotopic (exact) mass is 192 g/mol. The zero-order chi connectivity index (χ0) is 9.40. The zero-order valence-electron chi connectivity index (χ0n) is 7.09. The van der Waals surface area contributed by atoms with Gasteiger partial charge in [0, 0.05) is 6.92 Å². The summed E-state index contributed by atoms with van der Waals surface area (Å²) in [7, 11) is 0. The molecular weight excluding hydrogens is 180 g/mol. The first kappa shape index (κ1) is 11.5. The second-order valence-corrected chi connectivity index (χ2v) is 2.52. The van der Waals surface area contributed by atoms with Crippen molar-refractivity contribution >= 4 is 17.6 Å². The molecule has 12 heavy (non-hydrogen) atoms. The minimum absolute atomic E-state index is 0.247. The van der Waals surface area contributed by atoms with Gasteiger partial charge in [0.15, 0.2) is 0 Å². The van der Waals surface area contributed by atoms with E-state index >= 15 is 0 Å². The van der Waals surface area contributed by atoms with Crippen LogP contribution in [0.2, 0.25) is 0 Å². The molecule has 0 aliphatic carbocycles. The van der Waals surface area contributed by atoms with Crippen LogP contribution in [0.5, 0.6) is 0 Å². The van der Waals surface area contributed by atoms with Crippen LogP contribution in [0.25, 0.3) is 0 Å². The zero-order valence-corrected chi connectivity index (χ0v) is 7.84. The Labute approximate surface area is 77.3 Å². The lowest BCUT2D eigenvalue weighted by molar-refractivity contribution is -0.147. The quantitative estimate of drug-likeness (QED) is 0.276. The summed E-state index contributed by atoms with van der Waals surface area (Å²) < 4.78 is 9.87. The molecule has 0 aliphatic rings. The Morgan fingerprint density at radius 2 is 2.42 bits per heavy atom. The highest BCUT2D eigenvalue weighted by Gasteiger charge is 2.09. The number of ether oxygens (including phenoxy) is 2. The number of carbonyl (C=O) groups excluding carboxylic acids is 1. The first-order chi connectivity index (χ1) is 5.70. The topological polar surface area (TPSA) is 35.5 Å². The third-order valence-corrected chi connectivity index (χ3v) is 1.39. The molecule has 0 heterocycles. The Kier molecular flexibility index (Phi) is 6.81. The molecule has 0 amide bonds. The van der Waals surface area contributed by atoms with Gasteiger partial charge in [-0.3, -0.25) is 4.79 Å². The molecule has 1 atom stereocenters. The number of hydrogen-bond donors (Lipinski definition) is 0. The Hall–Kier alpha value is -0.540. The van der Waals surface area contributed by atoms with Gasteiger partial charge in [0.05, 0.1) is 19.1 Å². The van der Waals surface area contributed by atoms with Crippen molar-refractivity contribution in [1.29, 1.82) is 0 Å². The van der Waals surface area contributed by atoms with Crippen molar-refractivity contribution in [2.75, 3.05) is 19.1 Å². The van der Waals surface area contributed by atoms with Gasteiger partial charge in [-0.2, -0.15) is 0 Å². The van der Waals surface area contributed by atoms with Crippen LogP contribution < -0.4 is 0 Å². The summed E-state index contributed by atoms with van der Waals surface area (Å²) in [6, 6.07) is 0. The highest BCUT2D eigenvalue weighted by molar-refractivity contribution is 6.18. The summed E-state index contributed by atoms with van der Waals surface area (Å²) in [6.45, 7) is 5.57. The van der Waals surface area contributed by atoms with Crippen LogP contribution in [0.1, 0.15) is 6.92 Å². The molecule has 0 saturated carbocycles. The van der Waals surface area contributed by atoms with Crippen LogP contribution in [-0.2, 0) is 14.3 Å². The third-order valence-electron chi connectivity index (χ3n) is 1.04. The maximum absolute atomic E-state index is 10.5. The Morgan fingerprint density at radius 1 is 1.75 bits per heavy atom. The Balaban J connectivity index is 3.52. The van der Waals surface area contributed by atoms with E-state index in [1.807, 2.05) is 0 Å². The predicted molar refractivity (Wildman–Crippen MR) is 47.3 cm³/mol. The number of halogens is 1. The van der Waals surface area contributed by atoms with Gasteiger partial charge in [-0.15, -0.1) is 18.2 Å².